The number of hydrogen-bond acceptors (Lipinski definition) is 3. The maximum Gasteiger partial charge on any atom is 0.435 e. The second-order valence-electron chi connectivity index (χ2n) is 4.26. The molecule has 120 valence electrons. The smallest absolute Gasteiger partial charge is 0.435 e. The van der Waals surface area contributed by atoms with Crippen molar-refractivity contribution in [3.05, 3.63) is 57.5 Å². The van der Waals surface area contributed by atoms with E-state index in [-0.39, 0.29) is 11.3 Å². The van der Waals surface area contributed by atoms with Gasteiger partial charge in [-0.3, -0.25) is 0 Å². The molecule has 1 heterocycles. The number of alkyl halides is 3. The van der Waals surface area contributed by atoms with Crippen molar-refractivity contribution in [2.24, 2.45) is 5.11 Å². The highest BCUT2D eigenvalue weighted by Gasteiger charge is 2.36. The third-order valence-electron chi connectivity index (χ3n) is 2.83. The van der Waals surface area contributed by atoms with E-state index < -0.39 is 35.9 Å². The highest BCUT2D eigenvalue weighted by atomic mass is 19.4. The molecule has 0 spiro atoms. The third kappa shape index (κ3) is 3.24. The van der Waals surface area contributed by atoms with Crippen molar-refractivity contribution in [2.45, 2.75) is 12.7 Å². The predicted octanol–water partition coefficient (Wildman–Crippen LogP) is 3.54. The third-order valence-corrected chi connectivity index (χ3v) is 2.83. The number of aromatic nitrogens is 2. The van der Waals surface area contributed by atoms with Crippen molar-refractivity contribution in [1.29, 1.82) is 0 Å². The summed E-state index contributed by atoms with van der Waals surface area (Å²) < 4.78 is 52.5. The van der Waals surface area contributed by atoms with Gasteiger partial charge in [-0.2, -0.15) is 18.3 Å². The van der Waals surface area contributed by atoms with Gasteiger partial charge >= 0.3 is 12.1 Å². The maximum atomic E-state index is 13.8. The van der Waals surface area contributed by atoms with Gasteiger partial charge in [-0.15, -0.1) is 0 Å². The van der Waals surface area contributed by atoms with Crippen LogP contribution in [-0.4, -0.2) is 20.9 Å². The quantitative estimate of drug-likeness (QED) is 0.401. The number of nitrogens with zero attached hydrogens (tertiary/aromatic N) is 5. The lowest BCUT2D eigenvalue weighted by molar-refractivity contribution is -0.141. The van der Waals surface area contributed by atoms with Gasteiger partial charge in [-0.1, -0.05) is 11.2 Å². The van der Waals surface area contributed by atoms with Crippen molar-refractivity contribution in [3.8, 4) is 5.69 Å². The molecule has 0 bridgehead atoms. The number of rotatable bonds is 4. The lowest BCUT2D eigenvalue weighted by Crippen LogP contribution is -2.12. The Morgan fingerprint density at radius 2 is 2.13 bits per heavy atom. The van der Waals surface area contributed by atoms with Crippen LogP contribution >= 0.6 is 0 Å². The second-order valence-corrected chi connectivity index (χ2v) is 4.26. The molecule has 0 aliphatic heterocycles. The Labute approximate surface area is 125 Å². The predicted molar refractivity (Wildman–Crippen MR) is 68.3 cm³/mol. The topological polar surface area (TPSA) is 104 Å². The van der Waals surface area contributed by atoms with Gasteiger partial charge in [0.1, 0.15) is 5.82 Å². The summed E-state index contributed by atoms with van der Waals surface area (Å²) in [4.78, 5) is 13.6. The number of azide groups is 1. The van der Waals surface area contributed by atoms with Crippen LogP contribution in [0.1, 0.15) is 21.7 Å². The van der Waals surface area contributed by atoms with E-state index in [4.69, 9.17) is 10.6 Å². The van der Waals surface area contributed by atoms with Crippen molar-refractivity contribution >= 4 is 5.97 Å². The number of benzene rings is 1. The Kier molecular flexibility index (Phi) is 4.23. The van der Waals surface area contributed by atoms with Crippen LogP contribution in [0.2, 0.25) is 0 Å². The van der Waals surface area contributed by atoms with Gasteiger partial charge in [0.05, 0.1) is 12.2 Å². The molecular weight excluding hydrogens is 322 g/mol. The molecule has 0 atom stereocenters. The molecule has 0 unspecified atom stereocenters. The summed E-state index contributed by atoms with van der Waals surface area (Å²) in [6.45, 7) is -0.515. The Bertz CT molecular complexity index is 808. The highest BCUT2D eigenvalue weighted by Crippen LogP contribution is 2.30. The van der Waals surface area contributed by atoms with Crippen molar-refractivity contribution in [2.75, 3.05) is 0 Å². The average Bonchev–Trinajstić information content (AvgIpc) is 2.91. The number of carbonyl (C=O) groups is 1. The summed E-state index contributed by atoms with van der Waals surface area (Å²) >= 11 is 0. The van der Waals surface area contributed by atoms with Crippen LogP contribution in [0, 0.1) is 5.82 Å². The van der Waals surface area contributed by atoms with Crippen molar-refractivity contribution in [3.63, 3.8) is 0 Å². The molecule has 0 amide bonds. The lowest BCUT2D eigenvalue weighted by Gasteiger charge is -2.10. The second kappa shape index (κ2) is 5.97. The molecule has 1 aromatic heterocycles. The van der Waals surface area contributed by atoms with E-state index in [1.807, 2.05) is 0 Å². The molecular formula is C12H7F4N5O2. The van der Waals surface area contributed by atoms with Crippen LogP contribution in [0.4, 0.5) is 17.6 Å². The van der Waals surface area contributed by atoms with Crippen LogP contribution in [0.25, 0.3) is 16.1 Å². The van der Waals surface area contributed by atoms with E-state index in [2.05, 4.69) is 15.1 Å². The summed E-state index contributed by atoms with van der Waals surface area (Å²) in [6, 6.07) is 3.68. The van der Waals surface area contributed by atoms with Gasteiger partial charge in [-0.05, 0) is 17.7 Å². The molecule has 0 fully saturated rings. The number of hydrogen-bond donors (Lipinski definition) is 1. The molecule has 2 aromatic rings. The molecule has 0 aliphatic carbocycles. The van der Waals surface area contributed by atoms with Gasteiger partial charge in [0.2, 0.25) is 0 Å². The van der Waals surface area contributed by atoms with E-state index in [9.17, 15) is 22.4 Å². The monoisotopic (exact) mass is 329 g/mol. The fourth-order valence-electron chi connectivity index (χ4n) is 1.86. The zero-order valence-corrected chi connectivity index (χ0v) is 11.1. The molecule has 1 N–H and O–H groups in total. The van der Waals surface area contributed by atoms with E-state index in [0.717, 1.165) is 6.07 Å². The van der Waals surface area contributed by atoms with Gasteiger partial charge in [0.25, 0.3) is 0 Å². The summed E-state index contributed by atoms with van der Waals surface area (Å²) in [7, 11) is 0. The van der Waals surface area contributed by atoms with Gasteiger partial charge in [0, 0.05) is 16.5 Å². The van der Waals surface area contributed by atoms with E-state index in [1.54, 1.807) is 0 Å². The fraction of sp³-hybridized carbons (Fsp3) is 0.167. The van der Waals surface area contributed by atoms with Gasteiger partial charge in [0.15, 0.2) is 11.4 Å². The minimum absolute atomic E-state index is 0.259. The Morgan fingerprint density at radius 3 is 2.70 bits per heavy atom. The Hall–Kier alpha value is -3.07. The first-order valence-corrected chi connectivity index (χ1v) is 5.95. The minimum atomic E-state index is -4.87. The summed E-state index contributed by atoms with van der Waals surface area (Å²) in [6.07, 6.45) is -4.87. The van der Waals surface area contributed by atoms with Crippen molar-refractivity contribution in [1.82, 2.24) is 9.78 Å². The van der Waals surface area contributed by atoms with Gasteiger partial charge in [-0.25, -0.2) is 13.9 Å². The standard InChI is InChI=1S/C12H7F4N5O2/c13-7-2-1-3-8(6(7)5-18-20-17)21-9(11(22)23)4-10(19-21)12(14,15)16/h1-4H,5H2,(H,22,23). The van der Waals surface area contributed by atoms with E-state index in [0.29, 0.717) is 10.7 Å². The van der Waals surface area contributed by atoms with Crippen LogP contribution in [0.3, 0.4) is 0 Å². The summed E-state index contributed by atoms with van der Waals surface area (Å²) in [5.41, 5.74) is 5.53. The first-order chi connectivity index (χ1) is 10.8. The maximum absolute atomic E-state index is 13.8. The number of halogens is 4. The molecule has 2 rings (SSSR count). The largest absolute Gasteiger partial charge is 0.477 e. The molecule has 0 saturated heterocycles. The Morgan fingerprint density at radius 1 is 1.43 bits per heavy atom. The lowest BCUT2D eigenvalue weighted by atomic mass is 10.1. The van der Waals surface area contributed by atoms with Gasteiger partial charge < -0.3 is 5.11 Å². The molecule has 7 nitrogen and oxygen atoms in total. The average molecular weight is 329 g/mol. The first-order valence-electron chi connectivity index (χ1n) is 5.95. The highest BCUT2D eigenvalue weighted by molar-refractivity contribution is 5.86. The van der Waals surface area contributed by atoms with Crippen LogP contribution in [-0.2, 0) is 12.7 Å². The zero-order valence-electron chi connectivity index (χ0n) is 11.1. The molecule has 11 heteroatoms. The van der Waals surface area contributed by atoms with E-state index >= 15 is 0 Å². The molecule has 1 aromatic carbocycles. The first kappa shape index (κ1) is 16.3. The molecule has 23 heavy (non-hydrogen) atoms. The Balaban J connectivity index is 2.71. The normalized spacial score (nSPS) is 11.1. The zero-order chi connectivity index (χ0) is 17.2. The van der Waals surface area contributed by atoms with Crippen LogP contribution in [0.5, 0.6) is 0 Å². The number of carboxylic acids is 1. The molecule has 0 saturated carbocycles. The van der Waals surface area contributed by atoms with E-state index in [1.165, 1.54) is 12.1 Å². The fourth-order valence-corrected chi connectivity index (χ4v) is 1.86. The molecule has 0 aliphatic rings. The van der Waals surface area contributed by atoms with Crippen LogP contribution < -0.4 is 0 Å². The van der Waals surface area contributed by atoms with Crippen molar-refractivity contribution < 1.29 is 27.5 Å². The SMILES string of the molecule is [N-]=[N+]=NCc1c(F)cccc1-n1nc(C(F)(F)F)cc1C(=O)O. The van der Waals surface area contributed by atoms with Crippen LogP contribution in [0.15, 0.2) is 29.4 Å². The summed E-state index contributed by atoms with van der Waals surface area (Å²) in [5.74, 6) is -2.54. The number of carboxylic acid groups (broad SMARTS) is 1. The molecule has 0 radical (unpaired) electrons. The summed E-state index contributed by atoms with van der Waals surface area (Å²) in [5, 5.41) is 15.4. The number of aromatic carboxylic acids is 1. The minimum Gasteiger partial charge on any atom is -0.477 e.